The van der Waals surface area contributed by atoms with E-state index in [0.717, 1.165) is 61.4 Å². The Hall–Kier alpha value is -4.58. The van der Waals surface area contributed by atoms with Crippen molar-refractivity contribution >= 4 is 21.9 Å². The van der Waals surface area contributed by atoms with E-state index in [-0.39, 0.29) is 5.56 Å². The number of rotatable bonds is 6. The van der Waals surface area contributed by atoms with Crippen molar-refractivity contribution in [2.75, 3.05) is 7.11 Å². The van der Waals surface area contributed by atoms with Gasteiger partial charge in [-0.3, -0.25) is 4.79 Å². The predicted molar refractivity (Wildman–Crippen MR) is 146 cm³/mol. The molecule has 6 aromatic rings. The molecule has 184 valence electrons. The Kier molecular flexibility index (Phi) is 5.64. The van der Waals surface area contributed by atoms with Gasteiger partial charge < -0.3 is 18.4 Å². The van der Waals surface area contributed by atoms with Crippen molar-refractivity contribution in [3.05, 3.63) is 118 Å². The highest BCUT2D eigenvalue weighted by molar-refractivity contribution is 6.07. The number of hydrogen-bond donors (Lipinski definition) is 0. The fourth-order valence-corrected chi connectivity index (χ4v) is 5.21. The molecule has 0 N–H and O–H groups in total. The zero-order valence-electron chi connectivity index (χ0n) is 21.1. The Labute approximate surface area is 214 Å². The van der Waals surface area contributed by atoms with Crippen LogP contribution in [0.2, 0.25) is 0 Å². The summed E-state index contributed by atoms with van der Waals surface area (Å²) in [7, 11) is 1.67. The van der Waals surface area contributed by atoms with Gasteiger partial charge in [-0.05, 0) is 54.8 Å². The summed E-state index contributed by atoms with van der Waals surface area (Å²) in [6.45, 7) is 5.05. The SMILES string of the molecule is COc1ccc(Cn2c3cc(-c4c(C)noc4C)ccc3c3c2ccc(=O)n3Cc2ccccc2)cc1. The molecule has 0 unspecified atom stereocenters. The van der Waals surface area contributed by atoms with Crippen molar-refractivity contribution in [3.8, 4) is 16.9 Å². The molecule has 0 radical (unpaired) electrons. The van der Waals surface area contributed by atoms with Gasteiger partial charge in [0, 0.05) is 23.6 Å². The minimum Gasteiger partial charge on any atom is -0.497 e. The van der Waals surface area contributed by atoms with Gasteiger partial charge in [0.2, 0.25) is 0 Å². The highest BCUT2D eigenvalue weighted by atomic mass is 16.5. The molecule has 37 heavy (non-hydrogen) atoms. The van der Waals surface area contributed by atoms with E-state index in [0.29, 0.717) is 13.1 Å². The molecule has 6 nitrogen and oxygen atoms in total. The van der Waals surface area contributed by atoms with Gasteiger partial charge in [-0.25, -0.2) is 0 Å². The van der Waals surface area contributed by atoms with Crippen LogP contribution in [-0.2, 0) is 13.1 Å². The summed E-state index contributed by atoms with van der Waals surface area (Å²) in [6, 6.07) is 28.2. The monoisotopic (exact) mass is 489 g/mol. The molecule has 3 heterocycles. The first-order chi connectivity index (χ1) is 18.0. The molecule has 0 spiro atoms. The van der Waals surface area contributed by atoms with Gasteiger partial charge in [0.15, 0.2) is 0 Å². The van der Waals surface area contributed by atoms with Crippen molar-refractivity contribution in [3.63, 3.8) is 0 Å². The van der Waals surface area contributed by atoms with Crippen LogP contribution in [-0.4, -0.2) is 21.4 Å². The van der Waals surface area contributed by atoms with Crippen molar-refractivity contribution in [1.29, 1.82) is 0 Å². The van der Waals surface area contributed by atoms with Crippen LogP contribution in [0.1, 0.15) is 22.6 Å². The zero-order valence-corrected chi connectivity index (χ0v) is 21.1. The maximum atomic E-state index is 13.2. The van der Waals surface area contributed by atoms with Crippen molar-refractivity contribution in [1.82, 2.24) is 14.3 Å². The van der Waals surface area contributed by atoms with Crippen LogP contribution in [0.4, 0.5) is 0 Å². The first-order valence-corrected chi connectivity index (χ1v) is 12.3. The summed E-state index contributed by atoms with van der Waals surface area (Å²) in [5.41, 5.74) is 8.11. The molecule has 3 aromatic heterocycles. The van der Waals surface area contributed by atoms with E-state index in [9.17, 15) is 4.79 Å². The average Bonchev–Trinajstić information content (AvgIpc) is 3.42. The fourth-order valence-electron chi connectivity index (χ4n) is 5.21. The molecule has 6 rings (SSSR count). The van der Waals surface area contributed by atoms with Gasteiger partial charge in [0.05, 0.1) is 35.9 Å². The summed E-state index contributed by atoms with van der Waals surface area (Å²) in [5, 5.41) is 5.19. The number of nitrogens with zero attached hydrogens (tertiary/aromatic N) is 3. The molecule has 0 aliphatic heterocycles. The highest BCUT2D eigenvalue weighted by Crippen LogP contribution is 2.35. The highest BCUT2D eigenvalue weighted by Gasteiger charge is 2.19. The quantitative estimate of drug-likeness (QED) is 0.274. The van der Waals surface area contributed by atoms with Crippen molar-refractivity contribution in [2.45, 2.75) is 26.9 Å². The number of ether oxygens (including phenoxy) is 1. The molecule has 0 aliphatic rings. The van der Waals surface area contributed by atoms with Crippen LogP contribution in [0.5, 0.6) is 5.75 Å². The second-order valence-corrected chi connectivity index (χ2v) is 9.34. The second kappa shape index (κ2) is 9.13. The second-order valence-electron chi connectivity index (χ2n) is 9.34. The third-order valence-electron chi connectivity index (χ3n) is 7.00. The number of aryl methyl sites for hydroxylation is 2. The van der Waals surface area contributed by atoms with E-state index in [1.54, 1.807) is 13.2 Å². The Morgan fingerprint density at radius 3 is 2.24 bits per heavy atom. The minimum absolute atomic E-state index is 0.0188. The summed E-state index contributed by atoms with van der Waals surface area (Å²) < 4.78 is 15.0. The third-order valence-corrected chi connectivity index (χ3v) is 7.00. The molecular weight excluding hydrogens is 462 g/mol. The van der Waals surface area contributed by atoms with Crippen molar-refractivity contribution < 1.29 is 9.26 Å². The topological polar surface area (TPSA) is 62.2 Å². The van der Waals surface area contributed by atoms with E-state index in [4.69, 9.17) is 9.26 Å². The van der Waals surface area contributed by atoms with Crippen LogP contribution in [0.25, 0.3) is 33.1 Å². The minimum atomic E-state index is -0.0188. The van der Waals surface area contributed by atoms with Gasteiger partial charge in [-0.2, -0.15) is 0 Å². The summed E-state index contributed by atoms with van der Waals surface area (Å²) >= 11 is 0. The van der Waals surface area contributed by atoms with Gasteiger partial charge in [-0.15, -0.1) is 0 Å². The lowest BCUT2D eigenvalue weighted by atomic mass is 10.0. The lowest BCUT2D eigenvalue weighted by Crippen LogP contribution is -2.20. The molecular formula is C31H27N3O3. The molecule has 3 aromatic carbocycles. The van der Waals surface area contributed by atoms with E-state index >= 15 is 0 Å². The lowest BCUT2D eigenvalue weighted by Gasteiger charge is -2.11. The Morgan fingerprint density at radius 2 is 1.54 bits per heavy atom. The maximum absolute atomic E-state index is 13.2. The van der Waals surface area contributed by atoms with Crippen LogP contribution in [0.3, 0.4) is 0 Å². The standard InChI is InChI=1S/C31H27N3O3/c1-20-30(21(2)37-32-20)24-11-14-26-28(17-24)33(18-23-9-12-25(36-3)13-10-23)27-15-16-29(35)34(31(26)27)19-22-7-5-4-6-8-22/h4-17H,18-19H2,1-3H3. The number of fused-ring (bicyclic) bond motifs is 3. The summed E-state index contributed by atoms with van der Waals surface area (Å²) in [6.07, 6.45) is 0. The normalized spacial score (nSPS) is 11.4. The predicted octanol–water partition coefficient (Wildman–Crippen LogP) is 6.33. The first-order valence-electron chi connectivity index (χ1n) is 12.3. The van der Waals surface area contributed by atoms with Crippen LogP contribution < -0.4 is 10.3 Å². The number of aromatic nitrogens is 3. The van der Waals surface area contributed by atoms with Gasteiger partial charge in [-0.1, -0.05) is 59.8 Å². The maximum Gasteiger partial charge on any atom is 0.251 e. The number of methoxy groups -OCH3 is 1. The van der Waals surface area contributed by atoms with Gasteiger partial charge >= 0.3 is 0 Å². The molecule has 0 fully saturated rings. The first kappa shape index (κ1) is 22.9. The zero-order chi connectivity index (χ0) is 25.5. The molecule has 0 aliphatic carbocycles. The molecule has 0 atom stereocenters. The fraction of sp³-hybridized carbons (Fsp3) is 0.161. The Bertz CT molecular complexity index is 1770. The average molecular weight is 490 g/mol. The van der Waals surface area contributed by atoms with E-state index in [2.05, 4.69) is 52.2 Å². The number of pyridine rings is 1. The largest absolute Gasteiger partial charge is 0.497 e. The van der Waals surface area contributed by atoms with E-state index in [1.165, 1.54) is 0 Å². The van der Waals surface area contributed by atoms with E-state index < -0.39 is 0 Å². The molecule has 0 amide bonds. The number of benzene rings is 3. The summed E-state index contributed by atoms with van der Waals surface area (Å²) in [5.74, 6) is 1.61. The molecule has 0 saturated carbocycles. The Morgan fingerprint density at radius 1 is 0.811 bits per heavy atom. The van der Waals surface area contributed by atoms with Crippen LogP contribution >= 0.6 is 0 Å². The van der Waals surface area contributed by atoms with Gasteiger partial charge in [0.25, 0.3) is 5.56 Å². The summed E-state index contributed by atoms with van der Waals surface area (Å²) in [4.78, 5) is 13.2. The van der Waals surface area contributed by atoms with Crippen molar-refractivity contribution in [2.24, 2.45) is 0 Å². The number of hydrogen-bond acceptors (Lipinski definition) is 4. The van der Waals surface area contributed by atoms with E-state index in [1.807, 2.05) is 54.8 Å². The lowest BCUT2D eigenvalue weighted by molar-refractivity contribution is 0.393. The molecule has 0 saturated heterocycles. The third kappa shape index (κ3) is 4.00. The van der Waals surface area contributed by atoms with Gasteiger partial charge in [0.1, 0.15) is 11.5 Å². The molecule has 0 bridgehead atoms. The smallest absolute Gasteiger partial charge is 0.251 e. The Balaban J connectivity index is 1.61. The van der Waals surface area contributed by atoms with Crippen LogP contribution in [0.15, 0.2) is 94.2 Å². The molecule has 6 heteroatoms. The van der Waals surface area contributed by atoms with Crippen LogP contribution in [0, 0.1) is 13.8 Å².